The van der Waals surface area contributed by atoms with Crippen LogP contribution in [0.5, 0.6) is 0 Å². The summed E-state index contributed by atoms with van der Waals surface area (Å²) >= 11 is 0. The quantitative estimate of drug-likeness (QED) is 0.802. The SMILES string of the molecule is CC(C)n1ccnc(NCCCC2CCCC2)c1=O. The van der Waals surface area contributed by atoms with Crippen molar-refractivity contribution in [1.29, 1.82) is 0 Å². The largest absolute Gasteiger partial charge is 0.365 e. The van der Waals surface area contributed by atoms with Gasteiger partial charge >= 0.3 is 0 Å². The lowest BCUT2D eigenvalue weighted by molar-refractivity contribution is 0.491. The molecule has 4 nitrogen and oxygen atoms in total. The average molecular weight is 263 g/mol. The molecule has 1 aliphatic rings. The molecule has 0 amide bonds. The Morgan fingerprint density at radius 1 is 1.42 bits per heavy atom. The van der Waals surface area contributed by atoms with Crippen LogP contribution in [0.15, 0.2) is 17.2 Å². The van der Waals surface area contributed by atoms with E-state index in [0.717, 1.165) is 18.9 Å². The summed E-state index contributed by atoms with van der Waals surface area (Å²) in [5, 5.41) is 3.19. The van der Waals surface area contributed by atoms with Crippen molar-refractivity contribution in [3.05, 3.63) is 22.7 Å². The van der Waals surface area contributed by atoms with Crippen LogP contribution in [-0.2, 0) is 0 Å². The highest BCUT2D eigenvalue weighted by molar-refractivity contribution is 5.30. The van der Waals surface area contributed by atoms with Crippen LogP contribution in [0.3, 0.4) is 0 Å². The van der Waals surface area contributed by atoms with Crippen molar-refractivity contribution in [2.24, 2.45) is 5.92 Å². The van der Waals surface area contributed by atoms with Crippen LogP contribution in [0, 0.1) is 5.92 Å². The van der Waals surface area contributed by atoms with Gasteiger partial charge in [0, 0.05) is 25.0 Å². The minimum atomic E-state index is -0.0154. The normalized spacial score (nSPS) is 16.2. The number of hydrogen-bond acceptors (Lipinski definition) is 3. The first-order valence-electron chi connectivity index (χ1n) is 7.49. The van der Waals surface area contributed by atoms with E-state index in [9.17, 15) is 4.79 Å². The molecule has 19 heavy (non-hydrogen) atoms. The van der Waals surface area contributed by atoms with Crippen molar-refractivity contribution in [1.82, 2.24) is 9.55 Å². The molecule has 0 atom stereocenters. The molecule has 0 bridgehead atoms. The molecule has 2 rings (SSSR count). The van der Waals surface area contributed by atoms with Crippen LogP contribution in [-0.4, -0.2) is 16.1 Å². The molecule has 0 aliphatic heterocycles. The Hall–Kier alpha value is -1.32. The minimum absolute atomic E-state index is 0.0154. The molecule has 1 N–H and O–H groups in total. The fraction of sp³-hybridized carbons (Fsp3) is 0.733. The van der Waals surface area contributed by atoms with E-state index in [4.69, 9.17) is 0 Å². The van der Waals surface area contributed by atoms with E-state index in [0.29, 0.717) is 5.82 Å². The molecule has 1 aliphatic carbocycles. The van der Waals surface area contributed by atoms with Crippen molar-refractivity contribution < 1.29 is 0 Å². The van der Waals surface area contributed by atoms with Crippen molar-refractivity contribution in [3.8, 4) is 0 Å². The van der Waals surface area contributed by atoms with Gasteiger partial charge in [-0.2, -0.15) is 0 Å². The first kappa shape index (κ1) is 14.1. The third kappa shape index (κ3) is 3.82. The number of rotatable bonds is 6. The first-order valence-corrected chi connectivity index (χ1v) is 7.49. The highest BCUT2D eigenvalue weighted by Crippen LogP contribution is 2.28. The molecule has 4 heteroatoms. The summed E-state index contributed by atoms with van der Waals surface area (Å²) in [4.78, 5) is 16.2. The Bertz CT molecular complexity index is 447. The highest BCUT2D eigenvalue weighted by Gasteiger charge is 2.14. The van der Waals surface area contributed by atoms with Crippen molar-refractivity contribution in [2.75, 3.05) is 11.9 Å². The molecule has 1 fully saturated rings. The topological polar surface area (TPSA) is 46.9 Å². The van der Waals surface area contributed by atoms with Gasteiger partial charge in [0.15, 0.2) is 5.82 Å². The number of nitrogens with zero attached hydrogens (tertiary/aromatic N) is 2. The van der Waals surface area contributed by atoms with E-state index in [-0.39, 0.29) is 11.6 Å². The second-order valence-electron chi connectivity index (χ2n) is 5.80. The molecule has 0 aromatic carbocycles. The molecule has 0 spiro atoms. The maximum atomic E-state index is 12.1. The van der Waals surface area contributed by atoms with E-state index in [1.54, 1.807) is 17.0 Å². The number of aromatic nitrogens is 2. The van der Waals surface area contributed by atoms with Crippen LogP contribution in [0.4, 0.5) is 5.82 Å². The van der Waals surface area contributed by atoms with E-state index in [2.05, 4.69) is 10.3 Å². The Kier molecular flexibility index (Phi) is 5.00. The van der Waals surface area contributed by atoms with Gasteiger partial charge in [-0.15, -0.1) is 0 Å². The van der Waals surface area contributed by atoms with Crippen LogP contribution in [0.1, 0.15) is 58.4 Å². The summed E-state index contributed by atoms with van der Waals surface area (Å²) in [6, 6.07) is 0.175. The molecular formula is C15H25N3O. The zero-order chi connectivity index (χ0) is 13.7. The number of hydrogen-bond donors (Lipinski definition) is 1. The summed E-state index contributed by atoms with van der Waals surface area (Å²) in [7, 11) is 0. The van der Waals surface area contributed by atoms with Crippen LogP contribution in [0.25, 0.3) is 0 Å². The Labute approximate surface area is 115 Å². The Balaban J connectivity index is 1.82. The van der Waals surface area contributed by atoms with Gasteiger partial charge in [0.05, 0.1) is 0 Å². The Morgan fingerprint density at radius 2 is 2.16 bits per heavy atom. The molecule has 1 heterocycles. The van der Waals surface area contributed by atoms with Crippen molar-refractivity contribution in [2.45, 2.75) is 58.4 Å². The average Bonchev–Trinajstić information content (AvgIpc) is 2.89. The van der Waals surface area contributed by atoms with E-state index >= 15 is 0 Å². The van der Waals surface area contributed by atoms with Crippen molar-refractivity contribution >= 4 is 5.82 Å². The second-order valence-corrected chi connectivity index (χ2v) is 5.80. The summed E-state index contributed by atoms with van der Waals surface area (Å²) in [6.45, 7) is 4.86. The maximum absolute atomic E-state index is 12.1. The fourth-order valence-electron chi connectivity index (χ4n) is 2.85. The zero-order valence-electron chi connectivity index (χ0n) is 12.1. The van der Waals surface area contributed by atoms with Gasteiger partial charge in [-0.1, -0.05) is 25.7 Å². The highest BCUT2D eigenvalue weighted by atomic mass is 16.1. The molecule has 106 valence electrons. The lowest BCUT2D eigenvalue weighted by Gasteiger charge is -2.12. The number of nitrogens with one attached hydrogen (secondary N) is 1. The third-order valence-corrected chi connectivity index (χ3v) is 3.98. The van der Waals surface area contributed by atoms with Gasteiger partial charge < -0.3 is 9.88 Å². The standard InChI is InChI=1S/C15H25N3O/c1-12(2)18-11-10-17-14(15(18)19)16-9-5-8-13-6-3-4-7-13/h10-13H,3-9H2,1-2H3,(H,16,17). The summed E-state index contributed by atoms with van der Waals surface area (Å²) < 4.78 is 1.71. The molecule has 0 radical (unpaired) electrons. The van der Waals surface area contributed by atoms with E-state index in [1.807, 2.05) is 13.8 Å². The van der Waals surface area contributed by atoms with E-state index < -0.39 is 0 Å². The van der Waals surface area contributed by atoms with Gasteiger partial charge in [-0.05, 0) is 32.6 Å². The lowest BCUT2D eigenvalue weighted by Crippen LogP contribution is -2.26. The third-order valence-electron chi connectivity index (χ3n) is 3.98. The lowest BCUT2D eigenvalue weighted by atomic mass is 10.0. The maximum Gasteiger partial charge on any atom is 0.293 e. The van der Waals surface area contributed by atoms with Crippen LogP contribution in [0.2, 0.25) is 0 Å². The minimum Gasteiger partial charge on any atom is -0.365 e. The van der Waals surface area contributed by atoms with Crippen molar-refractivity contribution in [3.63, 3.8) is 0 Å². The number of anilines is 1. The molecule has 1 saturated carbocycles. The van der Waals surface area contributed by atoms with Crippen LogP contribution >= 0.6 is 0 Å². The molecule has 1 aromatic heterocycles. The van der Waals surface area contributed by atoms with Gasteiger partial charge in [0.1, 0.15) is 0 Å². The second kappa shape index (κ2) is 6.73. The monoisotopic (exact) mass is 263 g/mol. The molecular weight excluding hydrogens is 238 g/mol. The van der Waals surface area contributed by atoms with Crippen LogP contribution < -0.4 is 10.9 Å². The smallest absolute Gasteiger partial charge is 0.293 e. The van der Waals surface area contributed by atoms with E-state index in [1.165, 1.54) is 32.1 Å². The van der Waals surface area contributed by atoms with Gasteiger partial charge in [-0.25, -0.2) is 4.98 Å². The summed E-state index contributed by atoms with van der Waals surface area (Å²) in [5.41, 5.74) is -0.0154. The van der Waals surface area contributed by atoms with Gasteiger partial charge in [-0.3, -0.25) is 4.79 Å². The van der Waals surface area contributed by atoms with Gasteiger partial charge in [0.25, 0.3) is 5.56 Å². The molecule has 0 unspecified atom stereocenters. The summed E-state index contributed by atoms with van der Waals surface area (Å²) in [5.74, 6) is 1.40. The Morgan fingerprint density at radius 3 is 2.84 bits per heavy atom. The predicted molar refractivity (Wildman–Crippen MR) is 78.6 cm³/mol. The summed E-state index contributed by atoms with van der Waals surface area (Å²) in [6.07, 6.45) is 11.4. The van der Waals surface area contributed by atoms with Gasteiger partial charge in [0.2, 0.25) is 0 Å². The fourth-order valence-corrected chi connectivity index (χ4v) is 2.85. The first-order chi connectivity index (χ1) is 9.18. The molecule has 0 saturated heterocycles. The zero-order valence-corrected chi connectivity index (χ0v) is 12.1. The molecule has 1 aromatic rings. The predicted octanol–water partition coefficient (Wildman–Crippen LogP) is 3.21.